The van der Waals surface area contributed by atoms with Gasteiger partial charge < -0.3 is 14.4 Å². The fraction of sp³-hybridized carbons (Fsp3) is 0.375. The summed E-state index contributed by atoms with van der Waals surface area (Å²) in [5.74, 6) is -1.04. The van der Waals surface area contributed by atoms with E-state index in [1.807, 2.05) is 18.2 Å². The van der Waals surface area contributed by atoms with Gasteiger partial charge in [-0.2, -0.15) is 0 Å². The van der Waals surface area contributed by atoms with Gasteiger partial charge in [0.25, 0.3) is 0 Å². The number of nitrogens with zero attached hydrogens (tertiary/aromatic N) is 1. The van der Waals surface area contributed by atoms with Crippen LogP contribution in [0.25, 0.3) is 11.0 Å². The van der Waals surface area contributed by atoms with Gasteiger partial charge in [0.05, 0.1) is 12.0 Å². The molecule has 0 aliphatic rings. The highest BCUT2D eigenvalue weighted by Crippen LogP contribution is 2.25. The van der Waals surface area contributed by atoms with E-state index in [2.05, 4.69) is 18.7 Å². The first-order chi connectivity index (χ1) is 9.97. The number of rotatable bonds is 5. The molecule has 1 N–H and O–H groups in total. The zero-order valence-electron chi connectivity index (χ0n) is 12.5. The number of aryl methyl sites for hydroxylation is 1. The number of benzene rings is 1. The average molecular weight is 289 g/mol. The molecule has 112 valence electrons. The minimum absolute atomic E-state index is 0.214. The summed E-state index contributed by atoms with van der Waals surface area (Å²) in [4.78, 5) is 25.0. The quantitative estimate of drug-likeness (QED) is 0.857. The summed E-state index contributed by atoms with van der Waals surface area (Å²) >= 11 is 0. The molecule has 0 bridgehead atoms. The zero-order valence-corrected chi connectivity index (χ0v) is 12.5. The van der Waals surface area contributed by atoms with E-state index in [1.54, 1.807) is 6.92 Å². The minimum atomic E-state index is -1.04. The summed E-state index contributed by atoms with van der Waals surface area (Å²) in [6.45, 7) is 7.61. The van der Waals surface area contributed by atoms with Crippen molar-refractivity contribution in [1.29, 1.82) is 0 Å². The normalized spacial score (nSPS) is 10.8. The van der Waals surface area contributed by atoms with Crippen LogP contribution < -0.4 is 10.5 Å². The Bertz CT molecular complexity index is 729. The van der Waals surface area contributed by atoms with E-state index in [4.69, 9.17) is 9.52 Å². The van der Waals surface area contributed by atoms with Gasteiger partial charge in [-0.1, -0.05) is 0 Å². The summed E-state index contributed by atoms with van der Waals surface area (Å²) in [5.41, 5.74) is 1.80. The summed E-state index contributed by atoms with van der Waals surface area (Å²) < 4.78 is 5.31. The van der Waals surface area contributed by atoms with Gasteiger partial charge in [0, 0.05) is 30.2 Å². The number of hydrogen-bond acceptors (Lipinski definition) is 4. The molecule has 2 rings (SSSR count). The molecule has 0 aliphatic carbocycles. The van der Waals surface area contributed by atoms with E-state index >= 15 is 0 Å². The number of carboxylic acids is 1. The summed E-state index contributed by atoms with van der Waals surface area (Å²) in [6.07, 6.45) is -0.318. The van der Waals surface area contributed by atoms with E-state index in [-0.39, 0.29) is 12.0 Å². The van der Waals surface area contributed by atoms with Crippen molar-refractivity contribution in [2.75, 3.05) is 18.0 Å². The monoisotopic (exact) mass is 289 g/mol. The van der Waals surface area contributed by atoms with Crippen molar-refractivity contribution in [3.8, 4) is 0 Å². The van der Waals surface area contributed by atoms with Crippen LogP contribution in [-0.4, -0.2) is 24.2 Å². The molecule has 0 fully saturated rings. The smallest absolute Gasteiger partial charge is 0.340 e. The van der Waals surface area contributed by atoms with Crippen molar-refractivity contribution in [2.45, 2.75) is 27.2 Å². The summed E-state index contributed by atoms with van der Waals surface area (Å²) in [5, 5.41) is 9.66. The lowest BCUT2D eigenvalue weighted by atomic mass is 10.0. The molecule has 0 saturated heterocycles. The van der Waals surface area contributed by atoms with Crippen LogP contribution in [0.5, 0.6) is 0 Å². The Balaban J connectivity index is 2.61. The second-order valence-corrected chi connectivity index (χ2v) is 4.92. The Kier molecular flexibility index (Phi) is 4.31. The summed E-state index contributed by atoms with van der Waals surface area (Å²) in [6, 6.07) is 5.68. The molecule has 1 aromatic carbocycles. The highest BCUT2D eigenvalue weighted by Gasteiger charge is 2.15. The van der Waals surface area contributed by atoms with E-state index in [9.17, 15) is 9.59 Å². The lowest BCUT2D eigenvalue weighted by Crippen LogP contribution is -2.21. The van der Waals surface area contributed by atoms with Crippen LogP contribution in [0.15, 0.2) is 27.4 Å². The van der Waals surface area contributed by atoms with Crippen molar-refractivity contribution in [1.82, 2.24) is 0 Å². The molecule has 0 amide bonds. The van der Waals surface area contributed by atoms with E-state index < -0.39 is 11.6 Å². The molecule has 0 radical (unpaired) electrons. The topological polar surface area (TPSA) is 70.8 Å². The third-order valence-electron chi connectivity index (χ3n) is 3.73. The molecule has 21 heavy (non-hydrogen) atoms. The first-order valence-corrected chi connectivity index (χ1v) is 7.01. The van der Waals surface area contributed by atoms with Crippen molar-refractivity contribution in [3.63, 3.8) is 0 Å². The number of anilines is 1. The molecule has 0 saturated carbocycles. The number of fused-ring (bicyclic) bond motifs is 1. The molecule has 0 aliphatic heterocycles. The molecule has 5 nitrogen and oxygen atoms in total. The van der Waals surface area contributed by atoms with Gasteiger partial charge in [0.1, 0.15) is 5.58 Å². The second kappa shape index (κ2) is 5.99. The summed E-state index contributed by atoms with van der Waals surface area (Å²) in [7, 11) is 0. The molecule has 1 heterocycles. The van der Waals surface area contributed by atoms with Crippen LogP contribution >= 0.6 is 0 Å². The second-order valence-electron chi connectivity index (χ2n) is 4.92. The SMILES string of the molecule is CCN(CC)c1ccc2c(C)c(CC(=O)O)c(=O)oc2c1. The van der Waals surface area contributed by atoms with Gasteiger partial charge in [-0.25, -0.2) is 4.79 Å². The Morgan fingerprint density at radius 3 is 2.52 bits per heavy atom. The lowest BCUT2D eigenvalue weighted by Gasteiger charge is -2.21. The minimum Gasteiger partial charge on any atom is -0.481 e. The molecular formula is C16H19NO4. The van der Waals surface area contributed by atoms with Gasteiger partial charge in [0.15, 0.2) is 0 Å². The van der Waals surface area contributed by atoms with Gasteiger partial charge in [-0.3, -0.25) is 4.79 Å². The van der Waals surface area contributed by atoms with Crippen molar-refractivity contribution < 1.29 is 14.3 Å². The fourth-order valence-electron chi connectivity index (χ4n) is 2.52. The molecule has 0 spiro atoms. The molecule has 2 aromatic rings. The number of carbonyl (C=O) groups is 1. The Hall–Kier alpha value is -2.30. The highest BCUT2D eigenvalue weighted by atomic mass is 16.4. The first kappa shape index (κ1) is 15.1. The van der Waals surface area contributed by atoms with Gasteiger partial charge in [-0.15, -0.1) is 0 Å². The standard InChI is InChI=1S/C16H19NO4/c1-4-17(5-2)11-6-7-12-10(3)13(9-15(18)19)16(20)21-14(12)8-11/h6-8H,4-5,9H2,1-3H3,(H,18,19). The molecule has 0 atom stereocenters. The lowest BCUT2D eigenvalue weighted by molar-refractivity contribution is -0.136. The van der Waals surface area contributed by atoms with Crippen molar-refractivity contribution >= 4 is 22.6 Å². The Morgan fingerprint density at radius 2 is 1.95 bits per heavy atom. The van der Waals surface area contributed by atoms with Crippen LogP contribution in [0.2, 0.25) is 0 Å². The largest absolute Gasteiger partial charge is 0.481 e. The maximum absolute atomic E-state index is 12.0. The third kappa shape index (κ3) is 2.91. The van der Waals surface area contributed by atoms with E-state index in [0.29, 0.717) is 11.1 Å². The molecular weight excluding hydrogens is 270 g/mol. The van der Waals surface area contributed by atoms with E-state index in [0.717, 1.165) is 24.2 Å². The Labute approximate surface area is 122 Å². The number of hydrogen-bond donors (Lipinski definition) is 1. The van der Waals surface area contributed by atoms with E-state index in [1.165, 1.54) is 0 Å². The van der Waals surface area contributed by atoms with Gasteiger partial charge >= 0.3 is 11.6 Å². The fourth-order valence-corrected chi connectivity index (χ4v) is 2.52. The average Bonchev–Trinajstić information content (AvgIpc) is 2.44. The first-order valence-electron chi connectivity index (χ1n) is 7.01. The maximum atomic E-state index is 12.0. The number of carboxylic acid groups (broad SMARTS) is 1. The van der Waals surface area contributed by atoms with Crippen molar-refractivity contribution in [3.05, 3.63) is 39.7 Å². The predicted octanol–water partition coefficient (Wildman–Crippen LogP) is 2.57. The Morgan fingerprint density at radius 1 is 1.29 bits per heavy atom. The van der Waals surface area contributed by atoms with Crippen LogP contribution in [-0.2, 0) is 11.2 Å². The highest BCUT2D eigenvalue weighted by molar-refractivity contribution is 5.85. The van der Waals surface area contributed by atoms with Gasteiger partial charge in [0.2, 0.25) is 0 Å². The number of aliphatic carboxylic acids is 1. The van der Waals surface area contributed by atoms with Crippen LogP contribution in [0, 0.1) is 6.92 Å². The third-order valence-corrected chi connectivity index (χ3v) is 3.73. The van der Waals surface area contributed by atoms with Crippen LogP contribution in [0.4, 0.5) is 5.69 Å². The van der Waals surface area contributed by atoms with Gasteiger partial charge in [-0.05, 0) is 38.5 Å². The molecule has 1 aromatic heterocycles. The maximum Gasteiger partial charge on any atom is 0.340 e. The molecule has 0 unspecified atom stereocenters. The van der Waals surface area contributed by atoms with Crippen molar-refractivity contribution in [2.24, 2.45) is 0 Å². The zero-order chi connectivity index (χ0) is 15.6. The van der Waals surface area contributed by atoms with Crippen LogP contribution in [0.1, 0.15) is 25.0 Å². The predicted molar refractivity (Wildman–Crippen MR) is 82.1 cm³/mol. The van der Waals surface area contributed by atoms with Crippen LogP contribution in [0.3, 0.4) is 0 Å². The molecule has 5 heteroatoms.